The highest BCUT2D eigenvalue weighted by Gasteiger charge is 2.14. The molecule has 0 bridgehead atoms. The van der Waals surface area contributed by atoms with E-state index in [9.17, 15) is 8.78 Å². The molecule has 0 amide bonds. The molecule has 1 aromatic heterocycles. The summed E-state index contributed by atoms with van der Waals surface area (Å²) >= 11 is 4.98. The zero-order valence-electron chi connectivity index (χ0n) is 11.4. The third-order valence-electron chi connectivity index (χ3n) is 2.80. The van der Waals surface area contributed by atoms with Gasteiger partial charge in [0.1, 0.15) is 11.5 Å². The Morgan fingerprint density at radius 3 is 2.57 bits per heavy atom. The average molecular weight is 378 g/mol. The third-order valence-corrected chi connectivity index (χ3v) is 4.60. The fraction of sp³-hybridized carbons (Fsp3) is 0.286. The summed E-state index contributed by atoms with van der Waals surface area (Å²) in [7, 11) is 1.52. The zero-order valence-corrected chi connectivity index (χ0v) is 13.8. The SMILES string of the molecule is COc1ccc(OC(F)F)c(NC(C)c2ccc(Br)s2)c1. The van der Waals surface area contributed by atoms with Crippen molar-refractivity contribution in [3.8, 4) is 11.5 Å². The van der Waals surface area contributed by atoms with Gasteiger partial charge in [-0.05, 0) is 47.1 Å². The molecule has 0 radical (unpaired) electrons. The molecule has 2 aromatic rings. The number of benzene rings is 1. The lowest BCUT2D eigenvalue weighted by Crippen LogP contribution is -2.09. The van der Waals surface area contributed by atoms with Gasteiger partial charge in [0.2, 0.25) is 0 Å². The Morgan fingerprint density at radius 2 is 2.00 bits per heavy atom. The molecule has 1 atom stereocenters. The summed E-state index contributed by atoms with van der Waals surface area (Å²) in [5.41, 5.74) is 0.465. The summed E-state index contributed by atoms with van der Waals surface area (Å²) in [6.45, 7) is -0.922. The van der Waals surface area contributed by atoms with Gasteiger partial charge in [-0.15, -0.1) is 11.3 Å². The molecule has 0 fully saturated rings. The molecule has 21 heavy (non-hydrogen) atoms. The van der Waals surface area contributed by atoms with Gasteiger partial charge in [-0.2, -0.15) is 8.78 Å². The van der Waals surface area contributed by atoms with E-state index in [2.05, 4.69) is 26.0 Å². The molecule has 0 aliphatic carbocycles. The van der Waals surface area contributed by atoms with Crippen LogP contribution in [0, 0.1) is 0 Å². The Balaban J connectivity index is 2.23. The van der Waals surface area contributed by atoms with Gasteiger partial charge >= 0.3 is 6.61 Å². The molecule has 7 heteroatoms. The topological polar surface area (TPSA) is 30.5 Å². The van der Waals surface area contributed by atoms with Crippen LogP contribution in [0.25, 0.3) is 0 Å². The van der Waals surface area contributed by atoms with Gasteiger partial charge in [-0.25, -0.2) is 0 Å². The van der Waals surface area contributed by atoms with Crippen molar-refractivity contribution in [3.05, 3.63) is 39.0 Å². The third kappa shape index (κ3) is 4.31. The number of ether oxygens (including phenoxy) is 2. The van der Waals surface area contributed by atoms with Crippen LogP contribution in [0.2, 0.25) is 0 Å². The number of alkyl halides is 2. The Morgan fingerprint density at radius 1 is 1.24 bits per heavy atom. The number of methoxy groups -OCH3 is 1. The normalized spacial score (nSPS) is 12.3. The quantitative estimate of drug-likeness (QED) is 0.741. The number of hydrogen-bond acceptors (Lipinski definition) is 4. The minimum Gasteiger partial charge on any atom is -0.497 e. The first-order valence-electron chi connectivity index (χ1n) is 6.14. The van der Waals surface area contributed by atoms with Crippen molar-refractivity contribution in [2.75, 3.05) is 12.4 Å². The predicted octanol–water partition coefficient (Wildman–Crippen LogP) is 5.29. The van der Waals surface area contributed by atoms with Crippen LogP contribution in [0.5, 0.6) is 11.5 Å². The van der Waals surface area contributed by atoms with Crippen LogP contribution >= 0.6 is 27.3 Å². The van der Waals surface area contributed by atoms with Gasteiger partial charge in [0.05, 0.1) is 22.6 Å². The molecule has 3 nitrogen and oxygen atoms in total. The van der Waals surface area contributed by atoms with E-state index in [-0.39, 0.29) is 11.8 Å². The molecule has 1 unspecified atom stereocenters. The molecule has 2 rings (SSSR count). The van der Waals surface area contributed by atoms with E-state index < -0.39 is 6.61 Å². The number of nitrogens with one attached hydrogen (secondary N) is 1. The maximum absolute atomic E-state index is 12.5. The van der Waals surface area contributed by atoms with Crippen molar-refractivity contribution >= 4 is 33.0 Å². The maximum atomic E-state index is 12.5. The van der Waals surface area contributed by atoms with Crippen LogP contribution in [0.15, 0.2) is 34.1 Å². The summed E-state index contributed by atoms with van der Waals surface area (Å²) in [6.07, 6.45) is 0. The fourth-order valence-corrected chi connectivity index (χ4v) is 3.24. The van der Waals surface area contributed by atoms with Crippen molar-refractivity contribution in [2.24, 2.45) is 0 Å². The van der Waals surface area contributed by atoms with Gasteiger partial charge in [-0.3, -0.25) is 0 Å². The highest BCUT2D eigenvalue weighted by atomic mass is 79.9. The summed E-state index contributed by atoms with van der Waals surface area (Å²) in [5, 5.41) is 3.17. The van der Waals surface area contributed by atoms with Crippen molar-refractivity contribution in [1.82, 2.24) is 0 Å². The molecule has 1 N–H and O–H groups in total. The molecular formula is C14H14BrF2NO2S. The maximum Gasteiger partial charge on any atom is 0.387 e. The van der Waals surface area contributed by atoms with Crippen molar-refractivity contribution in [2.45, 2.75) is 19.6 Å². The highest BCUT2D eigenvalue weighted by molar-refractivity contribution is 9.11. The largest absolute Gasteiger partial charge is 0.497 e. The first-order chi connectivity index (χ1) is 9.99. The number of hydrogen-bond donors (Lipinski definition) is 1. The lowest BCUT2D eigenvalue weighted by Gasteiger charge is -2.18. The van der Waals surface area contributed by atoms with E-state index in [0.717, 1.165) is 8.66 Å². The van der Waals surface area contributed by atoms with Crippen LogP contribution in [0.1, 0.15) is 17.8 Å². The molecule has 0 spiro atoms. The second kappa shape index (κ2) is 7.09. The average Bonchev–Trinajstić information content (AvgIpc) is 2.87. The van der Waals surface area contributed by atoms with Gasteiger partial charge in [-0.1, -0.05) is 0 Å². The second-order valence-electron chi connectivity index (χ2n) is 4.25. The monoisotopic (exact) mass is 377 g/mol. The van der Waals surface area contributed by atoms with Crippen LogP contribution in [0.4, 0.5) is 14.5 Å². The lowest BCUT2D eigenvalue weighted by atomic mass is 10.2. The molecule has 0 aliphatic heterocycles. The minimum atomic E-state index is -2.87. The van der Waals surface area contributed by atoms with E-state index in [1.165, 1.54) is 13.2 Å². The number of anilines is 1. The van der Waals surface area contributed by atoms with Crippen LogP contribution in [-0.4, -0.2) is 13.7 Å². The van der Waals surface area contributed by atoms with Crippen molar-refractivity contribution in [1.29, 1.82) is 0 Å². The van der Waals surface area contributed by atoms with E-state index in [4.69, 9.17) is 4.74 Å². The van der Waals surface area contributed by atoms with E-state index in [1.807, 2.05) is 19.1 Å². The van der Waals surface area contributed by atoms with Crippen molar-refractivity contribution < 1.29 is 18.3 Å². The van der Waals surface area contributed by atoms with Gasteiger partial charge < -0.3 is 14.8 Å². The summed E-state index contributed by atoms with van der Waals surface area (Å²) in [6, 6.07) is 8.55. The van der Waals surface area contributed by atoms with Crippen LogP contribution in [0.3, 0.4) is 0 Å². The number of thiophene rings is 1. The Labute approximate surface area is 134 Å². The standard InChI is InChI=1S/C14H14BrF2NO2S/c1-8(12-5-6-13(15)21-12)18-10-7-9(19-2)3-4-11(10)20-14(16)17/h3-8,14,18H,1-2H3. The van der Waals surface area contributed by atoms with E-state index in [1.54, 1.807) is 23.5 Å². The van der Waals surface area contributed by atoms with Gasteiger partial charge in [0.25, 0.3) is 0 Å². The Bertz CT molecular complexity index is 606. The smallest absolute Gasteiger partial charge is 0.387 e. The van der Waals surface area contributed by atoms with Crippen LogP contribution < -0.4 is 14.8 Å². The lowest BCUT2D eigenvalue weighted by molar-refractivity contribution is -0.0494. The molecule has 0 saturated heterocycles. The summed E-state index contributed by atoms with van der Waals surface area (Å²) < 4.78 is 35.6. The molecule has 1 heterocycles. The molecular weight excluding hydrogens is 364 g/mol. The van der Waals surface area contributed by atoms with Crippen molar-refractivity contribution in [3.63, 3.8) is 0 Å². The predicted molar refractivity (Wildman–Crippen MR) is 83.7 cm³/mol. The number of rotatable bonds is 6. The second-order valence-corrected chi connectivity index (χ2v) is 6.74. The molecule has 1 aromatic carbocycles. The van der Waals surface area contributed by atoms with E-state index >= 15 is 0 Å². The minimum absolute atomic E-state index is 0.0478. The Hall–Kier alpha value is -1.34. The zero-order chi connectivity index (χ0) is 15.4. The van der Waals surface area contributed by atoms with Gasteiger partial charge in [0.15, 0.2) is 0 Å². The number of halogens is 3. The first-order valence-corrected chi connectivity index (χ1v) is 7.75. The molecule has 114 valence electrons. The summed E-state index contributed by atoms with van der Waals surface area (Å²) in [4.78, 5) is 1.08. The van der Waals surface area contributed by atoms with E-state index in [0.29, 0.717) is 11.4 Å². The van der Waals surface area contributed by atoms with Crippen LogP contribution in [-0.2, 0) is 0 Å². The summed E-state index contributed by atoms with van der Waals surface area (Å²) in [5.74, 6) is 0.659. The molecule has 0 aliphatic rings. The van der Waals surface area contributed by atoms with Gasteiger partial charge in [0, 0.05) is 10.9 Å². The first kappa shape index (κ1) is 16.0. The fourth-order valence-electron chi connectivity index (χ4n) is 1.81. The highest BCUT2D eigenvalue weighted by Crippen LogP contribution is 2.35. The Kier molecular flexibility index (Phi) is 5.41. The molecule has 0 saturated carbocycles.